The lowest BCUT2D eigenvalue weighted by molar-refractivity contribution is -0.134. The Kier molecular flexibility index (Phi) is 5.09. The van der Waals surface area contributed by atoms with Gasteiger partial charge in [-0.05, 0) is 46.1 Å². The van der Waals surface area contributed by atoms with Gasteiger partial charge in [0.1, 0.15) is 5.75 Å². The van der Waals surface area contributed by atoms with Crippen LogP contribution in [0.15, 0.2) is 6.20 Å². The van der Waals surface area contributed by atoms with Crippen molar-refractivity contribution >= 4 is 5.91 Å². The molecule has 0 N–H and O–H groups in total. The van der Waals surface area contributed by atoms with Crippen LogP contribution in [-0.2, 0) is 11.3 Å². The van der Waals surface area contributed by atoms with Crippen molar-refractivity contribution in [2.75, 3.05) is 27.2 Å². The average Bonchev–Trinajstić information content (AvgIpc) is 3.42. The van der Waals surface area contributed by atoms with E-state index in [1.54, 1.807) is 7.11 Å². The number of aryl methyl sites for hydroxylation is 1. The second-order valence-electron chi connectivity index (χ2n) is 7.30. The summed E-state index contributed by atoms with van der Waals surface area (Å²) in [7, 11) is 3.70. The molecule has 1 saturated heterocycles. The van der Waals surface area contributed by atoms with Crippen LogP contribution < -0.4 is 4.74 Å². The van der Waals surface area contributed by atoms with E-state index < -0.39 is 0 Å². The van der Waals surface area contributed by atoms with Gasteiger partial charge in [0.15, 0.2) is 0 Å². The van der Waals surface area contributed by atoms with Gasteiger partial charge in [0.05, 0.1) is 12.8 Å². The van der Waals surface area contributed by atoms with Gasteiger partial charge in [-0.2, -0.15) is 0 Å². The molecule has 0 spiro atoms. The van der Waals surface area contributed by atoms with Gasteiger partial charge in [0, 0.05) is 49.4 Å². The van der Waals surface area contributed by atoms with Gasteiger partial charge in [-0.15, -0.1) is 0 Å². The number of likely N-dealkylation sites (tertiary alicyclic amines) is 1. The third kappa shape index (κ3) is 3.56. The zero-order chi connectivity index (χ0) is 17.3. The van der Waals surface area contributed by atoms with Gasteiger partial charge in [-0.25, -0.2) is 0 Å². The van der Waals surface area contributed by atoms with Crippen LogP contribution in [0.25, 0.3) is 0 Å². The zero-order valence-corrected chi connectivity index (χ0v) is 15.3. The van der Waals surface area contributed by atoms with Crippen molar-refractivity contribution in [2.45, 2.75) is 52.1 Å². The lowest BCUT2D eigenvalue weighted by atomic mass is 10.0. The molecule has 1 unspecified atom stereocenters. The Hall–Kier alpha value is -1.62. The van der Waals surface area contributed by atoms with Crippen LogP contribution in [-0.4, -0.2) is 54.0 Å². The molecular formula is C19H29N3O2. The first kappa shape index (κ1) is 17.2. The number of carbonyl (C=O) groups is 1. The van der Waals surface area contributed by atoms with E-state index in [9.17, 15) is 4.79 Å². The van der Waals surface area contributed by atoms with Crippen LogP contribution in [0.2, 0.25) is 0 Å². The summed E-state index contributed by atoms with van der Waals surface area (Å²) in [5.74, 6) is 1.58. The maximum Gasteiger partial charge on any atom is 0.225 e. The number of nitrogens with zero attached hydrogens (tertiary/aromatic N) is 3. The topological polar surface area (TPSA) is 45.7 Å². The molecule has 1 aliphatic carbocycles. The summed E-state index contributed by atoms with van der Waals surface area (Å²) in [6.07, 6.45) is 6.28. The van der Waals surface area contributed by atoms with Crippen molar-refractivity contribution in [2.24, 2.45) is 5.92 Å². The molecule has 24 heavy (non-hydrogen) atoms. The van der Waals surface area contributed by atoms with Gasteiger partial charge >= 0.3 is 0 Å². The average molecular weight is 331 g/mol. The second kappa shape index (κ2) is 7.09. The standard InChI is InChI=1S/C19H29N3O2/c1-13-10-20-17(14(2)18(13)24-4)12-22-9-5-6-16(11-22)21(3)19(23)15-7-8-15/h10,15-16H,5-9,11-12H2,1-4H3. The summed E-state index contributed by atoms with van der Waals surface area (Å²) < 4.78 is 5.52. The molecule has 132 valence electrons. The van der Waals surface area contributed by atoms with Crippen LogP contribution in [0.1, 0.15) is 42.5 Å². The third-order valence-electron chi connectivity index (χ3n) is 5.43. The van der Waals surface area contributed by atoms with Crippen LogP contribution in [0, 0.1) is 19.8 Å². The molecule has 1 amide bonds. The Morgan fingerprint density at radius 1 is 1.38 bits per heavy atom. The van der Waals surface area contributed by atoms with Crippen molar-refractivity contribution in [3.8, 4) is 5.75 Å². The lowest BCUT2D eigenvalue weighted by Crippen LogP contribution is -2.48. The molecule has 0 radical (unpaired) electrons. The predicted molar refractivity (Wildman–Crippen MR) is 94.1 cm³/mol. The van der Waals surface area contributed by atoms with Crippen LogP contribution in [0.3, 0.4) is 0 Å². The fourth-order valence-electron chi connectivity index (χ4n) is 3.73. The van der Waals surface area contributed by atoms with Crippen molar-refractivity contribution < 1.29 is 9.53 Å². The molecule has 1 atom stereocenters. The highest BCUT2D eigenvalue weighted by Crippen LogP contribution is 2.32. The molecule has 5 heteroatoms. The summed E-state index contributed by atoms with van der Waals surface area (Å²) in [5, 5.41) is 0. The molecule has 2 heterocycles. The Balaban J connectivity index is 1.66. The summed E-state index contributed by atoms with van der Waals surface area (Å²) in [6.45, 7) is 6.94. The largest absolute Gasteiger partial charge is 0.496 e. The number of hydrogen-bond acceptors (Lipinski definition) is 4. The molecule has 3 rings (SSSR count). The Morgan fingerprint density at radius 3 is 2.79 bits per heavy atom. The quantitative estimate of drug-likeness (QED) is 0.832. The first-order valence-corrected chi connectivity index (χ1v) is 8.99. The first-order chi connectivity index (χ1) is 11.5. The highest BCUT2D eigenvalue weighted by molar-refractivity contribution is 5.81. The molecule has 5 nitrogen and oxygen atoms in total. The number of carbonyl (C=O) groups excluding carboxylic acids is 1. The molecular weight excluding hydrogens is 302 g/mol. The van der Waals surface area contributed by atoms with Crippen molar-refractivity contribution in [3.05, 3.63) is 23.0 Å². The fraction of sp³-hybridized carbons (Fsp3) is 0.684. The molecule has 0 aromatic carbocycles. The van der Waals surface area contributed by atoms with E-state index in [1.807, 2.05) is 25.1 Å². The van der Waals surface area contributed by atoms with Gasteiger partial charge < -0.3 is 9.64 Å². The Morgan fingerprint density at radius 2 is 2.12 bits per heavy atom. The maximum atomic E-state index is 12.3. The van der Waals surface area contributed by atoms with E-state index >= 15 is 0 Å². The number of aromatic nitrogens is 1. The highest BCUT2D eigenvalue weighted by atomic mass is 16.5. The normalized spacial score (nSPS) is 21.6. The molecule has 1 aliphatic heterocycles. The maximum absolute atomic E-state index is 12.3. The molecule has 2 aliphatic rings. The minimum absolute atomic E-state index is 0.302. The number of rotatable bonds is 5. The van der Waals surface area contributed by atoms with Crippen LogP contribution in [0.4, 0.5) is 0 Å². The minimum atomic E-state index is 0.302. The smallest absolute Gasteiger partial charge is 0.225 e. The number of hydrogen-bond donors (Lipinski definition) is 0. The van der Waals surface area contributed by atoms with Gasteiger partial charge in [-0.3, -0.25) is 14.7 Å². The van der Waals surface area contributed by atoms with Crippen molar-refractivity contribution in [1.82, 2.24) is 14.8 Å². The van der Waals surface area contributed by atoms with Crippen molar-refractivity contribution in [1.29, 1.82) is 0 Å². The number of piperidine rings is 1. The van der Waals surface area contributed by atoms with Crippen LogP contribution >= 0.6 is 0 Å². The van der Waals surface area contributed by atoms with E-state index in [-0.39, 0.29) is 0 Å². The van der Waals surface area contributed by atoms with E-state index in [2.05, 4.69) is 16.8 Å². The summed E-state index contributed by atoms with van der Waals surface area (Å²) in [6, 6.07) is 0.333. The zero-order valence-electron chi connectivity index (χ0n) is 15.3. The minimum Gasteiger partial charge on any atom is -0.496 e. The second-order valence-corrected chi connectivity index (χ2v) is 7.30. The number of likely N-dealkylation sites (N-methyl/N-ethyl adjacent to an activating group) is 1. The summed E-state index contributed by atoms with van der Waals surface area (Å²) in [4.78, 5) is 21.4. The number of ether oxygens (including phenoxy) is 1. The van der Waals surface area contributed by atoms with Crippen molar-refractivity contribution in [3.63, 3.8) is 0 Å². The lowest BCUT2D eigenvalue weighted by Gasteiger charge is -2.37. The number of methoxy groups -OCH3 is 1. The Bertz CT molecular complexity index is 613. The Labute approximate surface area is 145 Å². The number of amides is 1. The van der Waals surface area contributed by atoms with Gasteiger partial charge in [-0.1, -0.05) is 0 Å². The van der Waals surface area contributed by atoms with Gasteiger partial charge in [0.25, 0.3) is 0 Å². The SMILES string of the molecule is COc1c(C)cnc(CN2CCCC(N(C)C(=O)C3CC3)C2)c1C. The van der Waals surface area contributed by atoms with E-state index in [0.717, 1.165) is 67.9 Å². The van der Waals surface area contributed by atoms with E-state index in [4.69, 9.17) is 4.74 Å². The number of pyridine rings is 1. The predicted octanol–water partition coefficient (Wildman–Crippen LogP) is 2.54. The molecule has 0 bridgehead atoms. The summed E-state index contributed by atoms with van der Waals surface area (Å²) in [5.41, 5.74) is 3.28. The van der Waals surface area contributed by atoms with E-state index in [1.165, 1.54) is 0 Å². The van der Waals surface area contributed by atoms with E-state index in [0.29, 0.717) is 17.9 Å². The molecule has 1 aromatic heterocycles. The monoisotopic (exact) mass is 331 g/mol. The molecule has 1 saturated carbocycles. The first-order valence-electron chi connectivity index (χ1n) is 8.99. The third-order valence-corrected chi connectivity index (χ3v) is 5.43. The van der Waals surface area contributed by atoms with Gasteiger partial charge in [0.2, 0.25) is 5.91 Å². The van der Waals surface area contributed by atoms with Crippen LogP contribution in [0.5, 0.6) is 5.75 Å². The molecule has 2 fully saturated rings. The molecule has 1 aromatic rings. The fourth-order valence-corrected chi connectivity index (χ4v) is 3.73. The highest BCUT2D eigenvalue weighted by Gasteiger charge is 2.35. The summed E-state index contributed by atoms with van der Waals surface area (Å²) >= 11 is 0.